The van der Waals surface area contributed by atoms with E-state index in [0.717, 1.165) is 5.56 Å². The molecule has 0 saturated carbocycles. The summed E-state index contributed by atoms with van der Waals surface area (Å²) in [6.45, 7) is 2.12. The van der Waals surface area contributed by atoms with Gasteiger partial charge in [0.05, 0.1) is 18.7 Å². The number of nitrogen functional groups attached to an aromatic ring is 1. The monoisotopic (exact) mass is 271 g/mol. The topological polar surface area (TPSA) is 103 Å². The van der Waals surface area contributed by atoms with Gasteiger partial charge in [0.25, 0.3) is 0 Å². The number of hydrogen-bond donors (Lipinski definition) is 2. The van der Waals surface area contributed by atoms with Crippen LogP contribution in [0.2, 0.25) is 0 Å². The standard InChI is InChI=1S/C13H13N5O2/c1-7-15-12(18-13(14)16-7)8-2-3-10-9(6-8)17-11(19)4-5-20-10/h2-3,6H,4-5H2,1H3,(H,17,19)(H2,14,15,16,18). The third-order valence-electron chi connectivity index (χ3n) is 2.86. The van der Waals surface area contributed by atoms with E-state index in [2.05, 4.69) is 20.3 Å². The first-order chi connectivity index (χ1) is 9.61. The molecule has 2 aromatic rings. The summed E-state index contributed by atoms with van der Waals surface area (Å²) >= 11 is 0. The Kier molecular flexibility index (Phi) is 2.94. The number of rotatable bonds is 1. The van der Waals surface area contributed by atoms with E-state index in [1.165, 1.54) is 0 Å². The van der Waals surface area contributed by atoms with Crippen LogP contribution in [0.3, 0.4) is 0 Å². The molecule has 0 fully saturated rings. The Morgan fingerprint density at radius 2 is 2.15 bits per heavy atom. The number of carbonyl (C=O) groups is 1. The second-order valence-corrected chi connectivity index (χ2v) is 4.42. The number of aryl methyl sites for hydroxylation is 1. The molecule has 1 aliphatic rings. The van der Waals surface area contributed by atoms with E-state index in [1.54, 1.807) is 19.1 Å². The maximum atomic E-state index is 11.5. The van der Waals surface area contributed by atoms with Crippen molar-refractivity contribution in [1.29, 1.82) is 0 Å². The average Bonchev–Trinajstić information content (AvgIpc) is 2.57. The van der Waals surface area contributed by atoms with E-state index in [4.69, 9.17) is 10.5 Å². The maximum absolute atomic E-state index is 11.5. The number of benzene rings is 1. The van der Waals surface area contributed by atoms with Crippen LogP contribution in [0.5, 0.6) is 5.75 Å². The Labute approximate surface area is 115 Å². The largest absolute Gasteiger partial charge is 0.491 e. The molecule has 0 spiro atoms. The van der Waals surface area contributed by atoms with E-state index < -0.39 is 0 Å². The van der Waals surface area contributed by atoms with Crippen LogP contribution in [0.15, 0.2) is 18.2 Å². The summed E-state index contributed by atoms with van der Waals surface area (Å²) in [5.41, 5.74) is 6.98. The number of hydrogen-bond acceptors (Lipinski definition) is 6. The van der Waals surface area contributed by atoms with Crippen molar-refractivity contribution in [2.24, 2.45) is 0 Å². The number of fused-ring (bicyclic) bond motifs is 1. The van der Waals surface area contributed by atoms with Gasteiger partial charge in [0, 0.05) is 5.56 Å². The van der Waals surface area contributed by atoms with Crippen molar-refractivity contribution in [3.05, 3.63) is 24.0 Å². The number of carbonyl (C=O) groups excluding carboxylic acids is 1. The van der Waals surface area contributed by atoms with Gasteiger partial charge in [-0.3, -0.25) is 4.79 Å². The minimum absolute atomic E-state index is 0.0766. The van der Waals surface area contributed by atoms with Crippen LogP contribution in [0, 0.1) is 6.92 Å². The quantitative estimate of drug-likeness (QED) is 0.806. The summed E-state index contributed by atoms with van der Waals surface area (Å²) in [4.78, 5) is 23.8. The highest BCUT2D eigenvalue weighted by Crippen LogP contribution is 2.31. The summed E-state index contributed by atoms with van der Waals surface area (Å²) in [7, 11) is 0. The lowest BCUT2D eigenvalue weighted by Gasteiger charge is -2.09. The van der Waals surface area contributed by atoms with Gasteiger partial charge in [0.2, 0.25) is 11.9 Å². The summed E-state index contributed by atoms with van der Waals surface area (Å²) in [6.07, 6.45) is 0.335. The molecule has 2 heterocycles. The zero-order chi connectivity index (χ0) is 14.1. The van der Waals surface area contributed by atoms with Crippen LogP contribution >= 0.6 is 0 Å². The third kappa shape index (κ3) is 2.37. The van der Waals surface area contributed by atoms with Crippen molar-refractivity contribution >= 4 is 17.5 Å². The molecular weight excluding hydrogens is 258 g/mol. The molecule has 0 atom stereocenters. The first-order valence-corrected chi connectivity index (χ1v) is 6.17. The van der Waals surface area contributed by atoms with Crippen molar-refractivity contribution in [2.75, 3.05) is 17.7 Å². The van der Waals surface area contributed by atoms with Gasteiger partial charge in [-0.2, -0.15) is 9.97 Å². The van der Waals surface area contributed by atoms with Gasteiger partial charge in [-0.1, -0.05) is 0 Å². The Hall–Kier alpha value is -2.70. The second-order valence-electron chi connectivity index (χ2n) is 4.42. The van der Waals surface area contributed by atoms with Crippen LogP contribution in [0.25, 0.3) is 11.4 Å². The molecule has 0 saturated heterocycles. The van der Waals surface area contributed by atoms with Crippen LogP contribution in [0.4, 0.5) is 11.6 Å². The summed E-state index contributed by atoms with van der Waals surface area (Å²) in [5, 5.41) is 2.80. The Morgan fingerprint density at radius 1 is 1.30 bits per heavy atom. The fourth-order valence-electron chi connectivity index (χ4n) is 1.99. The van der Waals surface area contributed by atoms with Gasteiger partial charge in [0.1, 0.15) is 11.6 Å². The van der Waals surface area contributed by atoms with Gasteiger partial charge in [-0.25, -0.2) is 4.98 Å². The fourth-order valence-corrected chi connectivity index (χ4v) is 1.99. The predicted octanol–water partition coefficient (Wildman–Crippen LogP) is 1.15. The SMILES string of the molecule is Cc1nc(N)nc(-c2ccc3c(c2)NC(=O)CCO3)n1. The molecule has 0 unspecified atom stereocenters. The van der Waals surface area contributed by atoms with E-state index in [-0.39, 0.29) is 11.9 Å². The lowest BCUT2D eigenvalue weighted by Crippen LogP contribution is -2.10. The molecule has 7 nitrogen and oxygen atoms in total. The smallest absolute Gasteiger partial charge is 0.227 e. The molecule has 7 heteroatoms. The van der Waals surface area contributed by atoms with Gasteiger partial charge < -0.3 is 15.8 Å². The lowest BCUT2D eigenvalue weighted by molar-refractivity contribution is -0.116. The van der Waals surface area contributed by atoms with Gasteiger partial charge in [0.15, 0.2) is 5.82 Å². The second kappa shape index (κ2) is 4.76. The zero-order valence-corrected chi connectivity index (χ0v) is 10.9. The van der Waals surface area contributed by atoms with Crippen molar-refractivity contribution < 1.29 is 9.53 Å². The molecule has 1 amide bonds. The molecule has 102 valence electrons. The predicted molar refractivity (Wildman–Crippen MR) is 73.2 cm³/mol. The van der Waals surface area contributed by atoms with Crippen LogP contribution in [-0.2, 0) is 4.79 Å². The normalized spacial score (nSPS) is 13.9. The molecule has 0 bridgehead atoms. The molecular formula is C13H13N5O2. The molecule has 1 aromatic carbocycles. The van der Waals surface area contributed by atoms with Gasteiger partial charge in [-0.05, 0) is 25.1 Å². The molecule has 3 rings (SSSR count). The highest BCUT2D eigenvalue weighted by molar-refractivity contribution is 5.93. The highest BCUT2D eigenvalue weighted by atomic mass is 16.5. The van der Waals surface area contributed by atoms with E-state index in [0.29, 0.717) is 36.1 Å². The minimum atomic E-state index is -0.0766. The van der Waals surface area contributed by atoms with E-state index >= 15 is 0 Å². The number of anilines is 2. The van der Waals surface area contributed by atoms with Crippen LogP contribution < -0.4 is 15.8 Å². The first-order valence-electron chi connectivity index (χ1n) is 6.17. The summed E-state index contributed by atoms with van der Waals surface area (Å²) in [6, 6.07) is 5.38. The molecule has 1 aliphatic heterocycles. The molecule has 1 aromatic heterocycles. The lowest BCUT2D eigenvalue weighted by atomic mass is 10.1. The van der Waals surface area contributed by atoms with Gasteiger partial charge >= 0.3 is 0 Å². The fraction of sp³-hybridized carbons (Fsp3) is 0.231. The Balaban J connectivity index is 2.05. The van der Waals surface area contributed by atoms with Crippen molar-refractivity contribution in [3.63, 3.8) is 0 Å². The van der Waals surface area contributed by atoms with Crippen molar-refractivity contribution in [3.8, 4) is 17.1 Å². The van der Waals surface area contributed by atoms with Crippen LogP contribution in [-0.4, -0.2) is 27.5 Å². The average molecular weight is 271 g/mol. The molecule has 20 heavy (non-hydrogen) atoms. The number of amides is 1. The number of ether oxygens (including phenoxy) is 1. The summed E-state index contributed by atoms with van der Waals surface area (Å²) in [5.74, 6) is 1.74. The number of nitrogens with zero attached hydrogens (tertiary/aromatic N) is 3. The number of nitrogens with one attached hydrogen (secondary N) is 1. The van der Waals surface area contributed by atoms with Crippen molar-refractivity contribution in [2.45, 2.75) is 13.3 Å². The van der Waals surface area contributed by atoms with Crippen molar-refractivity contribution in [1.82, 2.24) is 15.0 Å². The third-order valence-corrected chi connectivity index (χ3v) is 2.86. The van der Waals surface area contributed by atoms with E-state index in [1.807, 2.05) is 6.07 Å². The van der Waals surface area contributed by atoms with Gasteiger partial charge in [-0.15, -0.1) is 0 Å². The summed E-state index contributed by atoms with van der Waals surface area (Å²) < 4.78 is 5.50. The van der Waals surface area contributed by atoms with Crippen LogP contribution in [0.1, 0.15) is 12.2 Å². The first kappa shape index (κ1) is 12.3. The van der Waals surface area contributed by atoms with E-state index in [9.17, 15) is 4.79 Å². The zero-order valence-electron chi connectivity index (χ0n) is 10.9. The Morgan fingerprint density at radius 3 is 2.95 bits per heavy atom. The molecule has 3 N–H and O–H groups in total. The minimum Gasteiger partial charge on any atom is -0.491 e. The number of nitrogens with two attached hydrogens (primary N) is 1. The molecule has 0 radical (unpaired) electrons. The highest BCUT2D eigenvalue weighted by Gasteiger charge is 2.15. The number of aromatic nitrogens is 3. The molecule has 0 aliphatic carbocycles. The Bertz CT molecular complexity index is 666. The maximum Gasteiger partial charge on any atom is 0.227 e.